The Morgan fingerprint density at radius 2 is 1.70 bits per heavy atom. The molecule has 0 bridgehead atoms. The molecular formula is C18H23NO. The highest BCUT2D eigenvalue weighted by Gasteiger charge is 2.05. The molecule has 0 spiro atoms. The normalized spacial score (nSPS) is 12.2. The second-order valence-corrected chi connectivity index (χ2v) is 5.63. The van der Waals surface area contributed by atoms with E-state index in [4.69, 9.17) is 10.5 Å². The van der Waals surface area contributed by atoms with Crippen LogP contribution in [0.25, 0.3) is 0 Å². The van der Waals surface area contributed by atoms with Crippen LogP contribution in [-0.2, 0) is 6.42 Å². The number of rotatable bonds is 4. The third-order valence-corrected chi connectivity index (χ3v) is 3.50. The van der Waals surface area contributed by atoms with E-state index in [1.165, 1.54) is 16.7 Å². The summed E-state index contributed by atoms with van der Waals surface area (Å²) in [6, 6.07) is 12.6. The number of hydrogen-bond donors (Lipinski definition) is 1. The maximum absolute atomic E-state index is 5.97. The van der Waals surface area contributed by atoms with Crippen molar-refractivity contribution in [2.24, 2.45) is 5.73 Å². The summed E-state index contributed by atoms with van der Waals surface area (Å²) in [7, 11) is 0. The number of benzene rings is 2. The van der Waals surface area contributed by atoms with Crippen LogP contribution in [-0.4, -0.2) is 6.04 Å². The van der Waals surface area contributed by atoms with Crippen molar-refractivity contribution in [1.82, 2.24) is 0 Å². The third kappa shape index (κ3) is 3.61. The predicted molar refractivity (Wildman–Crippen MR) is 84.5 cm³/mol. The lowest BCUT2D eigenvalue weighted by Gasteiger charge is -2.12. The van der Waals surface area contributed by atoms with E-state index >= 15 is 0 Å². The smallest absolute Gasteiger partial charge is 0.130 e. The molecule has 2 heteroatoms. The van der Waals surface area contributed by atoms with E-state index < -0.39 is 0 Å². The molecule has 0 aromatic heterocycles. The van der Waals surface area contributed by atoms with Gasteiger partial charge in [-0.25, -0.2) is 0 Å². The monoisotopic (exact) mass is 269 g/mol. The molecule has 0 saturated carbocycles. The fourth-order valence-electron chi connectivity index (χ4n) is 2.23. The van der Waals surface area contributed by atoms with E-state index in [1.807, 2.05) is 19.1 Å². The van der Waals surface area contributed by atoms with Crippen molar-refractivity contribution in [3.8, 4) is 11.5 Å². The molecule has 20 heavy (non-hydrogen) atoms. The van der Waals surface area contributed by atoms with E-state index in [9.17, 15) is 0 Å². The van der Waals surface area contributed by atoms with Crippen LogP contribution < -0.4 is 10.5 Å². The lowest BCUT2D eigenvalue weighted by molar-refractivity contribution is 0.478. The van der Waals surface area contributed by atoms with E-state index in [-0.39, 0.29) is 6.04 Å². The highest BCUT2D eigenvalue weighted by molar-refractivity contribution is 5.41. The topological polar surface area (TPSA) is 35.2 Å². The molecule has 0 radical (unpaired) electrons. The molecule has 0 amide bonds. The van der Waals surface area contributed by atoms with E-state index in [1.54, 1.807) is 0 Å². The van der Waals surface area contributed by atoms with Gasteiger partial charge in [0.1, 0.15) is 11.5 Å². The molecular weight excluding hydrogens is 246 g/mol. The molecule has 0 aliphatic heterocycles. The minimum Gasteiger partial charge on any atom is -0.457 e. The van der Waals surface area contributed by atoms with Crippen LogP contribution in [0, 0.1) is 20.8 Å². The van der Waals surface area contributed by atoms with E-state index in [0.717, 1.165) is 23.5 Å². The zero-order valence-electron chi connectivity index (χ0n) is 12.7. The predicted octanol–water partition coefficient (Wildman–Crippen LogP) is 4.29. The van der Waals surface area contributed by atoms with Gasteiger partial charge < -0.3 is 10.5 Å². The Morgan fingerprint density at radius 3 is 2.30 bits per heavy atom. The summed E-state index contributed by atoms with van der Waals surface area (Å²) in [6.07, 6.45) is 0.894. The van der Waals surface area contributed by atoms with Gasteiger partial charge in [0.15, 0.2) is 0 Å². The van der Waals surface area contributed by atoms with Gasteiger partial charge in [-0.15, -0.1) is 0 Å². The minimum absolute atomic E-state index is 0.181. The zero-order valence-corrected chi connectivity index (χ0v) is 12.7. The summed E-state index contributed by atoms with van der Waals surface area (Å²) < 4.78 is 5.97. The van der Waals surface area contributed by atoms with Crippen molar-refractivity contribution < 1.29 is 4.74 Å². The van der Waals surface area contributed by atoms with Gasteiger partial charge in [0.2, 0.25) is 0 Å². The number of ether oxygens (including phenoxy) is 1. The fraction of sp³-hybridized carbons (Fsp3) is 0.333. The molecule has 2 N–H and O–H groups in total. The minimum atomic E-state index is 0.181. The molecule has 2 nitrogen and oxygen atoms in total. The Hall–Kier alpha value is -1.80. The van der Waals surface area contributed by atoms with Gasteiger partial charge in [0, 0.05) is 6.04 Å². The molecule has 2 aromatic rings. The Morgan fingerprint density at radius 1 is 0.950 bits per heavy atom. The van der Waals surface area contributed by atoms with Crippen molar-refractivity contribution in [3.05, 3.63) is 58.7 Å². The average molecular weight is 269 g/mol. The zero-order chi connectivity index (χ0) is 14.7. The largest absolute Gasteiger partial charge is 0.457 e. The average Bonchev–Trinajstić information content (AvgIpc) is 2.36. The van der Waals surface area contributed by atoms with Gasteiger partial charge in [-0.05, 0) is 74.6 Å². The molecule has 106 valence electrons. The molecule has 1 atom stereocenters. The van der Waals surface area contributed by atoms with Crippen molar-refractivity contribution in [1.29, 1.82) is 0 Å². The lowest BCUT2D eigenvalue weighted by Crippen LogP contribution is -2.17. The molecule has 2 aromatic carbocycles. The SMILES string of the molecule is Cc1ccc(Oc2ccc(CC(C)N)cc2C)cc1C. The van der Waals surface area contributed by atoms with Crippen molar-refractivity contribution in [3.63, 3.8) is 0 Å². The lowest BCUT2D eigenvalue weighted by atomic mass is 10.0. The third-order valence-electron chi connectivity index (χ3n) is 3.50. The standard InChI is InChI=1S/C18H23NO/c1-12-5-7-17(10-13(12)2)20-18-8-6-16(9-14(18)3)11-15(4)19/h5-10,15H,11,19H2,1-4H3. The first-order chi connectivity index (χ1) is 9.45. The molecule has 0 heterocycles. The van der Waals surface area contributed by atoms with Crippen LogP contribution in [0.3, 0.4) is 0 Å². The van der Waals surface area contributed by atoms with Crippen molar-refractivity contribution >= 4 is 0 Å². The molecule has 0 saturated heterocycles. The van der Waals surface area contributed by atoms with Gasteiger partial charge >= 0.3 is 0 Å². The van der Waals surface area contributed by atoms with Crippen LogP contribution >= 0.6 is 0 Å². The van der Waals surface area contributed by atoms with E-state index in [0.29, 0.717) is 0 Å². The summed E-state index contributed by atoms with van der Waals surface area (Å²) in [5.74, 6) is 1.79. The van der Waals surface area contributed by atoms with Crippen molar-refractivity contribution in [2.45, 2.75) is 40.2 Å². The van der Waals surface area contributed by atoms with Crippen molar-refractivity contribution in [2.75, 3.05) is 0 Å². The van der Waals surface area contributed by atoms with Crippen LogP contribution in [0.15, 0.2) is 36.4 Å². The highest BCUT2D eigenvalue weighted by Crippen LogP contribution is 2.27. The second-order valence-electron chi connectivity index (χ2n) is 5.63. The highest BCUT2D eigenvalue weighted by atomic mass is 16.5. The Bertz CT molecular complexity index is 602. The van der Waals surface area contributed by atoms with Crippen LogP contribution in [0.2, 0.25) is 0 Å². The van der Waals surface area contributed by atoms with Gasteiger partial charge in [-0.3, -0.25) is 0 Å². The summed E-state index contributed by atoms with van der Waals surface area (Å²) in [5, 5.41) is 0. The van der Waals surface area contributed by atoms with Crippen LogP contribution in [0.4, 0.5) is 0 Å². The maximum Gasteiger partial charge on any atom is 0.130 e. The molecule has 2 rings (SSSR count). The summed E-state index contributed by atoms with van der Waals surface area (Å²) >= 11 is 0. The number of nitrogens with two attached hydrogens (primary N) is 1. The molecule has 0 aliphatic rings. The fourth-order valence-corrected chi connectivity index (χ4v) is 2.23. The molecule has 1 unspecified atom stereocenters. The summed E-state index contributed by atoms with van der Waals surface area (Å²) in [6.45, 7) is 8.30. The second kappa shape index (κ2) is 6.10. The first-order valence-electron chi connectivity index (χ1n) is 7.06. The Balaban J connectivity index is 2.19. The first kappa shape index (κ1) is 14.6. The van der Waals surface area contributed by atoms with Gasteiger partial charge in [-0.2, -0.15) is 0 Å². The quantitative estimate of drug-likeness (QED) is 0.898. The van der Waals surface area contributed by atoms with Gasteiger partial charge in [0.05, 0.1) is 0 Å². The number of aryl methyl sites for hydroxylation is 3. The van der Waals surface area contributed by atoms with Gasteiger partial charge in [0.25, 0.3) is 0 Å². The van der Waals surface area contributed by atoms with E-state index in [2.05, 4.69) is 45.0 Å². The van der Waals surface area contributed by atoms with Crippen LogP contribution in [0.5, 0.6) is 11.5 Å². The Labute approximate surface area is 121 Å². The summed E-state index contributed by atoms with van der Waals surface area (Å²) in [4.78, 5) is 0. The summed E-state index contributed by atoms with van der Waals surface area (Å²) in [5.41, 5.74) is 10.8. The molecule has 0 aliphatic carbocycles. The maximum atomic E-state index is 5.97. The molecule has 0 fully saturated rings. The number of hydrogen-bond acceptors (Lipinski definition) is 2. The first-order valence-corrected chi connectivity index (χ1v) is 7.06. The van der Waals surface area contributed by atoms with Gasteiger partial charge in [-0.1, -0.05) is 18.2 Å². The van der Waals surface area contributed by atoms with Crippen LogP contribution in [0.1, 0.15) is 29.2 Å². The Kier molecular flexibility index (Phi) is 4.46.